The summed E-state index contributed by atoms with van der Waals surface area (Å²) >= 11 is 0. The van der Waals surface area contributed by atoms with Gasteiger partial charge < -0.3 is 4.74 Å². The fraction of sp³-hybridized carbons (Fsp3) is 0.364. The van der Waals surface area contributed by atoms with E-state index in [-0.39, 0.29) is 6.61 Å². The predicted molar refractivity (Wildman–Crippen MR) is 67.1 cm³/mol. The molecule has 0 aliphatic carbocycles. The molecule has 0 atom stereocenters. The summed E-state index contributed by atoms with van der Waals surface area (Å²) in [5, 5.41) is 5.14. The van der Waals surface area contributed by atoms with Crippen molar-refractivity contribution < 1.29 is 17.3 Å². The molecule has 1 aromatic carbocycles. The van der Waals surface area contributed by atoms with Crippen LogP contribution in [0.2, 0.25) is 0 Å². The van der Waals surface area contributed by atoms with Gasteiger partial charge in [-0.1, -0.05) is 0 Å². The summed E-state index contributed by atoms with van der Waals surface area (Å²) < 4.78 is 33.2. The van der Waals surface area contributed by atoms with E-state index in [1.807, 2.05) is 18.2 Å². The van der Waals surface area contributed by atoms with Crippen molar-refractivity contribution in [2.24, 2.45) is 0 Å². The van der Waals surface area contributed by atoms with Gasteiger partial charge in [-0.05, 0) is 12.1 Å². The summed E-state index contributed by atoms with van der Waals surface area (Å²) in [4.78, 5) is 0. The van der Waals surface area contributed by atoms with Crippen molar-refractivity contribution in [2.75, 3.05) is 20.0 Å². The molecule has 0 saturated heterocycles. The minimum Gasteiger partial charge on any atom is -0.497 e. The number of hydrogen-bond acceptors (Lipinski definition) is 5. The fourth-order valence-electron chi connectivity index (χ4n) is 1.63. The third kappa shape index (κ3) is 2.99. The van der Waals surface area contributed by atoms with Gasteiger partial charge in [0.25, 0.3) is 10.1 Å². The Morgan fingerprint density at radius 3 is 2.83 bits per heavy atom. The van der Waals surface area contributed by atoms with E-state index in [1.54, 1.807) is 18.0 Å². The molecule has 0 bridgehead atoms. The van der Waals surface area contributed by atoms with E-state index in [2.05, 4.69) is 9.28 Å². The van der Waals surface area contributed by atoms with Crippen LogP contribution in [0, 0.1) is 0 Å². The van der Waals surface area contributed by atoms with Crippen LogP contribution >= 0.6 is 0 Å². The van der Waals surface area contributed by atoms with E-state index >= 15 is 0 Å². The lowest BCUT2D eigenvalue weighted by Crippen LogP contribution is -2.11. The van der Waals surface area contributed by atoms with Gasteiger partial charge in [0.2, 0.25) is 0 Å². The minimum atomic E-state index is -3.41. The van der Waals surface area contributed by atoms with Crippen LogP contribution in [0.15, 0.2) is 24.4 Å². The summed E-state index contributed by atoms with van der Waals surface area (Å²) in [5.41, 5.74) is 0.881. The SMILES string of the molecule is COc1ccc2cnn(CCOS(C)(=O)=O)c2c1. The largest absolute Gasteiger partial charge is 0.497 e. The summed E-state index contributed by atoms with van der Waals surface area (Å²) in [6, 6.07) is 5.60. The van der Waals surface area contributed by atoms with Crippen LogP contribution in [0.1, 0.15) is 0 Å². The zero-order valence-electron chi connectivity index (χ0n) is 10.2. The lowest BCUT2D eigenvalue weighted by atomic mass is 10.2. The van der Waals surface area contributed by atoms with Crippen LogP contribution < -0.4 is 4.74 Å². The third-order valence-corrected chi connectivity index (χ3v) is 3.05. The molecule has 0 radical (unpaired) electrons. The topological polar surface area (TPSA) is 70.4 Å². The quantitative estimate of drug-likeness (QED) is 0.759. The first-order chi connectivity index (χ1) is 8.49. The Labute approximate surface area is 105 Å². The molecule has 6 nitrogen and oxygen atoms in total. The summed E-state index contributed by atoms with van der Waals surface area (Å²) in [6.45, 7) is 0.427. The minimum absolute atomic E-state index is 0.0623. The van der Waals surface area contributed by atoms with Crippen LogP contribution in [-0.2, 0) is 20.8 Å². The highest BCUT2D eigenvalue weighted by Gasteiger charge is 2.06. The lowest BCUT2D eigenvalue weighted by Gasteiger charge is -2.05. The number of ether oxygens (including phenoxy) is 1. The zero-order valence-corrected chi connectivity index (χ0v) is 11.0. The van der Waals surface area contributed by atoms with E-state index in [0.29, 0.717) is 6.54 Å². The van der Waals surface area contributed by atoms with E-state index in [1.165, 1.54) is 0 Å². The van der Waals surface area contributed by atoms with Gasteiger partial charge in [0.1, 0.15) is 5.75 Å². The molecule has 0 unspecified atom stereocenters. The van der Waals surface area contributed by atoms with Crippen molar-refractivity contribution in [3.05, 3.63) is 24.4 Å². The Hall–Kier alpha value is -1.60. The summed E-state index contributed by atoms with van der Waals surface area (Å²) in [5.74, 6) is 0.730. The second kappa shape index (κ2) is 4.95. The molecule has 2 rings (SSSR count). The molecule has 0 amide bonds. The van der Waals surface area contributed by atoms with E-state index in [0.717, 1.165) is 22.9 Å². The molecule has 1 heterocycles. The fourth-order valence-corrected chi connectivity index (χ4v) is 2.01. The van der Waals surface area contributed by atoms with Crippen molar-refractivity contribution in [3.8, 4) is 5.75 Å². The van der Waals surface area contributed by atoms with Gasteiger partial charge in [-0.2, -0.15) is 13.5 Å². The monoisotopic (exact) mass is 270 g/mol. The average molecular weight is 270 g/mol. The first kappa shape index (κ1) is 12.8. The Morgan fingerprint density at radius 1 is 1.39 bits per heavy atom. The Morgan fingerprint density at radius 2 is 2.17 bits per heavy atom. The number of fused-ring (bicyclic) bond motifs is 1. The van der Waals surface area contributed by atoms with Crippen LogP contribution in [0.5, 0.6) is 5.75 Å². The van der Waals surface area contributed by atoms with Gasteiger partial charge in [-0.15, -0.1) is 0 Å². The average Bonchev–Trinajstić information content (AvgIpc) is 2.70. The number of rotatable bonds is 5. The highest BCUT2D eigenvalue weighted by molar-refractivity contribution is 7.85. The molecule has 1 aromatic heterocycles. The molecule has 0 fully saturated rings. The third-order valence-electron chi connectivity index (χ3n) is 2.45. The first-order valence-electron chi connectivity index (χ1n) is 5.33. The highest BCUT2D eigenvalue weighted by Crippen LogP contribution is 2.20. The Balaban J connectivity index is 2.18. The summed E-state index contributed by atoms with van der Waals surface area (Å²) in [7, 11) is -1.82. The molecule has 7 heteroatoms. The van der Waals surface area contributed by atoms with Crippen molar-refractivity contribution in [1.29, 1.82) is 0 Å². The second-order valence-electron chi connectivity index (χ2n) is 3.82. The number of aromatic nitrogens is 2. The number of methoxy groups -OCH3 is 1. The highest BCUT2D eigenvalue weighted by atomic mass is 32.2. The molecular formula is C11H14N2O4S. The molecular weight excluding hydrogens is 256 g/mol. The van der Waals surface area contributed by atoms with Crippen molar-refractivity contribution in [1.82, 2.24) is 9.78 Å². The second-order valence-corrected chi connectivity index (χ2v) is 5.46. The molecule has 0 saturated carbocycles. The maximum atomic E-state index is 10.9. The molecule has 0 aliphatic rings. The zero-order chi connectivity index (χ0) is 13.2. The van der Waals surface area contributed by atoms with Crippen LogP contribution in [0.25, 0.3) is 10.9 Å². The Kier molecular flexibility index (Phi) is 3.53. The van der Waals surface area contributed by atoms with E-state index in [9.17, 15) is 8.42 Å². The predicted octanol–water partition coefficient (Wildman–Crippen LogP) is 1.02. The lowest BCUT2D eigenvalue weighted by molar-refractivity contribution is 0.299. The van der Waals surface area contributed by atoms with E-state index in [4.69, 9.17) is 4.74 Å². The molecule has 0 N–H and O–H groups in total. The van der Waals surface area contributed by atoms with Crippen molar-refractivity contribution in [2.45, 2.75) is 6.54 Å². The molecule has 0 spiro atoms. The van der Waals surface area contributed by atoms with E-state index < -0.39 is 10.1 Å². The van der Waals surface area contributed by atoms with Gasteiger partial charge in [0.15, 0.2) is 0 Å². The van der Waals surface area contributed by atoms with Crippen molar-refractivity contribution in [3.63, 3.8) is 0 Å². The normalized spacial score (nSPS) is 11.9. The van der Waals surface area contributed by atoms with Gasteiger partial charge in [0, 0.05) is 11.5 Å². The first-order valence-corrected chi connectivity index (χ1v) is 7.15. The molecule has 0 aliphatic heterocycles. The van der Waals surface area contributed by atoms with Crippen molar-refractivity contribution >= 4 is 21.0 Å². The van der Waals surface area contributed by atoms with Crippen LogP contribution in [0.3, 0.4) is 0 Å². The van der Waals surface area contributed by atoms with Crippen LogP contribution in [0.4, 0.5) is 0 Å². The number of hydrogen-bond donors (Lipinski definition) is 0. The maximum Gasteiger partial charge on any atom is 0.264 e. The van der Waals surface area contributed by atoms with Gasteiger partial charge in [-0.3, -0.25) is 8.86 Å². The van der Waals surface area contributed by atoms with Gasteiger partial charge in [0.05, 0.1) is 38.2 Å². The molecule has 18 heavy (non-hydrogen) atoms. The number of nitrogens with zero attached hydrogens (tertiary/aromatic N) is 2. The molecule has 2 aromatic rings. The van der Waals surface area contributed by atoms with Crippen LogP contribution in [-0.4, -0.2) is 38.2 Å². The van der Waals surface area contributed by atoms with Gasteiger partial charge in [-0.25, -0.2) is 0 Å². The molecule has 98 valence electrons. The summed E-state index contributed by atoms with van der Waals surface area (Å²) in [6.07, 6.45) is 2.74. The number of benzene rings is 1. The maximum absolute atomic E-state index is 10.9. The van der Waals surface area contributed by atoms with Gasteiger partial charge >= 0.3 is 0 Å². The smallest absolute Gasteiger partial charge is 0.264 e. The Bertz CT molecular complexity index is 648. The standard InChI is InChI=1S/C11H14N2O4S/c1-16-10-4-3-9-8-12-13(11(9)7-10)5-6-17-18(2,14)15/h3-4,7-8H,5-6H2,1-2H3.